The van der Waals surface area contributed by atoms with E-state index < -0.39 is 5.60 Å². The maximum atomic E-state index is 12.6. The lowest BCUT2D eigenvalue weighted by Crippen LogP contribution is -2.30. The van der Waals surface area contributed by atoms with Gasteiger partial charge in [0.1, 0.15) is 11.4 Å². The molecule has 0 amide bonds. The number of para-hydroxylation sites is 2. The van der Waals surface area contributed by atoms with Gasteiger partial charge in [0.05, 0.1) is 11.0 Å². The fourth-order valence-corrected chi connectivity index (χ4v) is 2.93. The molecule has 3 rings (SSSR count). The molecular formula is C17H22N2O2. The lowest BCUT2D eigenvalue weighted by Gasteiger charge is -2.32. The molecule has 0 unspecified atom stereocenters. The van der Waals surface area contributed by atoms with Crippen molar-refractivity contribution in [2.24, 2.45) is 5.92 Å². The fourth-order valence-electron chi connectivity index (χ4n) is 2.93. The molecule has 0 atom stereocenters. The van der Waals surface area contributed by atoms with Gasteiger partial charge in [0.2, 0.25) is 0 Å². The lowest BCUT2D eigenvalue weighted by molar-refractivity contribution is 0.0532. The summed E-state index contributed by atoms with van der Waals surface area (Å²) in [6.45, 7) is 7.89. The van der Waals surface area contributed by atoms with Crippen molar-refractivity contribution in [3.05, 3.63) is 30.1 Å². The maximum Gasteiger partial charge on any atom is 0.420 e. The van der Waals surface area contributed by atoms with Crippen molar-refractivity contribution in [1.82, 2.24) is 9.55 Å². The van der Waals surface area contributed by atoms with Crippen LogP contribution in [0.5, 0.6) is 0 Å². The van der Waals surface area contributed by atoms with Gasteiger partial charge < -0.3 is 4.74 Å². The van der Waals surface area contributed by atoms with E-state index in [0.29, 0.717) is 11.8 Å². The Labute approximate surface area is 125 Å². The molecule has 112 valence electrons. The molecule has 1 fully saturated rings. The quantitative estimate of drug-likeness (QED) is 0.783. The molecular weight excluding hydrogens is 264 g/mol. The number of hydrogen-bond donors (Lipinski definition) is 0. The molecule has 4 heteroatoms. The standard InChI is InChI=1S/C17H22N2O2/c1-11-9-12(10-11)15-18-13-7-5-6-8-14(13)19(15)16(20)21-17(2,3)4/h5-8,11-12H,9-10H2,1-4H3/t11-,12+. The average Bonchev–Trinajstić information content (AvgIpc) is 2.71. The third kappa shape index (κ3) is 2.67. The van der Waals surface area contributed by atoms with Crippen molar-refractivity contribution >= 4 is 17.1 Å². The minimum atomic E-state index is -0.507. The predicted molar refractivity (Wildman–Crippen MR) is 82.5 cm³/mol. The van der Waals surface area contributed by atoms with Crippen LogP contribution in [0.4, 0.5) is 4.79 Å². The van der Waals surface area contributed by atoms with Gasteiger partial charge in [-0.05, 0) is 51.7 Å². The Kier molecular flexibility index (Phi) is 3.27. The molecule has 1 heterocycles. The highest BCUT2D eigenvalue weighted by molar-refractivity contribution is 5.87. The second kappa shape index (κ2) is 4.86. The molecule has 0 spiro atoms. The van der Waals surface area contributed by atoms with Crippen LogP contribution in [0.25, 0.3) is 11.0 Å². The second-order valence-electron chi connectivity index (χ2n) is 7.05. The molecule has 1 aliphatic rings. The highest BCUT2D eigenvalue weighted by atomic mass is 16.6. The van der Waals surface area contributed by atoms with E-state index in [2.05, 4.69) is 11.9 Å². The van der Waals surface area contributed by atoms with Crippen LogP contribution in [-0.2, 0) is 4.74 Å². The van der Waals surface area contributed by atoms with Gasteiger partial charge in [-0.25, -0.2) is 14.3 Å². The Bertz CT molecular complexity index is 676. The van der Waals surface area contributed by atoms with Gasteiger partial charge in [0.15, 0.2) is 0 Å². The first-order chi connectivity index (χ1) is 9.85. The van der Waals surface area contributed by atoms with Crippen molar-refractivity contribution in [2.45, 2.75) is 52.1 Å². The average molecular weight is 286 g/mol. The number of rotatable bonds is 1. The molecule has 0 aliphatic heterocycles. The second-order valence-corrected chi connectivity index (χ2v) is 7.05. The predicted octanol–water partition coefficient (Wildman–Crippen LogP) is 4.33. The third-order valence-electron chi connectivity index (χ3n) is 3.90. The summed E-state index contributed by atoms with van der Waals surface area (Å²) in [7, 11) is 0. The van der Waals surface area contributed by atoms with E-state index in [9.17, 15) is 4.79 Å². The zero-order valence-corrected chi connectivity index (χ0v) is 13.1. The van der Waals surface area contributed by atoms with E-state index in [1.807, 2.05) is 45.0 Å². The van der Waals surface area contributed by atoms with Gasteiger partial charge in [0, 0.05) is 5.92 Å². The normalized spacial score (nSPS) is 22.1. The lowest BCUT2D eigenvalue weighted by atomic mass is 9.75. The molecule has 0 N–H and O–H groups in total. The minimum absolute atomic E-state index is 0.328. The summed E-state index contributed by atoms with van der Waals surface area (Å²) in [4.78, 5) is 17.3. The van der Waals surface area contributed by atoms with E-state index in [4.69, 9.17) is 4.74 Å². The number of aromatic nitrogens is 2. The Morgan fingerprint density at radius 1 is 1.29 bits per heavy atom. The highest BCUT2D eigenvalue weighted by Gasteiger charge is 2.33. The van der Waals surface area contributed by atoms with Crippen LogP contribution in [0.2, 0.25) is 0 Å². The number of carbonyl (C=O) groups is 1. The minimum Gasteiger partial charge on any atom is -0.443 e. The summed E-state index contributed by atoms with van der Waals surface area (Å²) in [5.41, 5.74) is 1.19. The van der Waals surface area contributed by atoms with E-state index in [-0.39, 0.29) is 6.09 Å². The van der Waals surface area contributed by atoms with Crippen LogP contribution in [0.1, 0.15) is 52.3 Å². The highest BCUT2D eigenvalue weighted by Crippen LogP contribution is 2.41. The first-order valence-electron chi connectivity index (χ1n) is 7.56. The van der Waals surface area contributed by atoms with Crippen molar-refractivity contribution in [2.75, 3.05) is 0 Å². The molecule has 0 radical (unpaired) electrons. The van der Waals surface area contributed by atoms with Crippen molar-refractivity contribution in [3.8, 4) is 0 Å². The number of benzene rings is 1. The van der Waals surface area contributed by atoms with Crippen LogP contribution in [-0.4, -0.2) is 21.2 Å². The van der Waals surface area contributed by atoms with Crippen LogP contribution in [0.3, 0.4) is 0 Å². The number of carbonyl (C=O) groups excluding carboxylic acids is 1. The topological polar surface area (TPSA) is 44.1 Å². The number of nitrogens with zero attached hydrogens (tertiary/aromatic N) is 2. The molecule has 1 saturated carbocycles. The van der Waals surface area contributed by atoms with E-state index in [1.54, 1.807) is 4.57 Å². The van der Waals surface area contributed by atoms with Crippen LogP contribution in [0, 0.1) is 5.92 Å². The SMILES string of the molecule is CC(C)(C)OC(=O)n1c2ccccc2nc1[C@H]1C[C@@H](C)C1. The third-order valence-corrected chi connectivity index (χ3v) is 3.90. The summed E-state index contributed by atoms with van der Waals surface area (Å²) in [5.74, 6) is 1.92. The molecule has 1 aromatic heterocycles. The monoisotopic (exact) mass is 286 g/mol. The zero-order valence-electron chi connectivity index (χ0n) is 13.1. The molecule has 0 saturated heterocycles. The summed E-state index contributed by atoms with van der Waals surface area (Å²) < 4.78 is 7.22. The van der Waals surface area contributed by atoms with E-state index in [0.717, 1.165) is 29.7 Å². The molecule has 1 aromatic carbocycles. The van der Waals surface area contributed by atoms with Gasteiger partial charge in [-0.15, -0.1) is 0 Å². The number of ether oxygens (including phenoxy) is 1. The summed E-state index contributed by atoms with van der Waals surface area (Å²) >= 11 is 0. The van der Waals surface area contributed by atoms with Crippen LogP contribution >= 0.6 is 0 Å². The number of hydrogen-bond acceptors (Lipinski definition) is 3. The molecule has 4 nitrogen and oxygen atoms in total. The zero-order chi connectivity index (χ0) is 15.2. The number of fused-ring (bicyclic) bond motifs is 1. The molecule has 0 bridgehead atoms. The largest absolute Gasteiger partial charge is 0.443 e. The van der Waals surface area contributed by atoms with Crippen molar-refractivity contribution in [3.63, 3.8) is 0 Å². The summed E-state index contributed by atoms with van der Waals surface area (Å²) in [5, 5.41) is 0. The van der Waals surface area contributed by atoms with E-state index in [1.165, 1.54) is 0 Å². The van der Waals surface area contributed by atoms with E-state index >= 15 is 0 Å². The van der Waals surface area contributed by atoms with Gasteiger partial charge >= 0.3 is 6.09 Å². The smallest absolute Gasteiger partial charge is 0.420 e. The first-order valence-corrected chi connectivity index (χ1v) is 7.56. The Morgan fingerprint density at radius 2 is 1.95 bits per heavy atom. The first kappa shape index (κ1) is 14.1. The van der Waals surface area contributed by atoms with Gasteiger partial charge in [-0.1, -0.05) is 19.1 Å². The summed E-state index contributed by atoms with van der Waals surface area (Å²) in [6, 6.07) is 7.75. The van der Waals surface area contributed by atoms with Gasteiger partial charge in [-0.2, -0.15) is 0 Å². The Hall–Kier alpha value is -1.84. The van der Waals surface area contributed by atoms with Gasteiger partial charge in [0.25, 0.3) is 0 Å². The molecule has 21 heavy (non-hydrogen) atoms. The van der Waals surface area contributed by atoms with Gasteiger partial charge in [-0.3, -0.25) is 0 Å². The van der Waals surface area contributed by atoms with Crippen LogP contribution < -0.4 is 0 Å². The van der Waals surface area contributed by atoms with Crippen molar-refractivity contribution in [1.29, 1.82) is 0 Å². The number of imidazole rings is 1. The fraction of sp³-hybridized carbons (Fsp3) is 0.529. The van der Waals surface area contributed by atoms with Crippen LogP contribution in [0.15, 0.2) is 24.3 Å². The molecule has 1 aliphatic carbocycles. The summed E-state index contributed by atoms with van der Waals surface area (Å²) in [6.07, 6.45) is 1.85. The Balaban J connectivity index is 2.05. The maximum absolute atomic E-state index is 12.6. The Morgan fingerprint density at radius 3 is 2.57 bits per heavy atom. The molecule has 2 aromatic rings. The van der Waals surface area contributed by atoms with Crippen molar-refractivity contribution < 1.29 is 9.53 Å².